The molecular formula is C17H22N4O2. The van der Waals surface area contributed by atoms with Crippen LogP contribution < -0.4 is 15.4 Å². The minimum absolute atomic E-state index is 0.0675. The molecule has 0 bridgehead atoms. The molecule has 1 aliphatic heterocycles. The van der Waals surface area contributed by atoms with Gasteiger partial charge in [0.2, 0.25) is 5.91 Å². The van der Waals surface area contributed by atoms with Crippen LogP contribution in [0.1, 0.15) is 37.2 Å². The largest absolute Gasteiger partial charge is 0.492 e. The number of hydrogen-bond donors (Lipinski definition) is 2. The molecule has 6 nitrogen and oxygen atoms in total. The first-order chi connectivity index (χ1) is 11.1. The molecule has 2 aromatic rings. The van der Waals surface area contributed by atoms with E-state index in [2.05, 4.69) is 29.6 Å². The first-order valence-corrected chi connectivity index (χ1v) is 7.92. The van der Waals surface area contributed by atoms with Gasteiger partial charge in [0.25, 0.3) is 0 Å². The van der Waals surface area contributed by atoms with Crippen molar-refractivity contribution in [2.75, 3.05) is 13.2 Å². The molecule has 0 aliphatic carbocycles. The third kappa shape index (κ3) is 3.53. The summed E-state index contributed by atoms with van der Waals surface area (Å²) < 4.78 is 7.55. The summed E-state index contributed by atoms with van der Waals surface area (Å²) in [5.41, 5.74) is 1.72. The average molecular weight is 314 g/mol. The molecule has 1 atom stereocenters. The molecule has 0 saturated carbocycles. The number of carbonyl (C=O) groups excluding carboxylic acids is 1. The van der Waals surface area contributed by atoms with E-state index in [1.165, 1.54) is 0 Å². The number of amides is 1. The number of para-hydroxylation sites is 1. The highest BCUT2D eigenvalue weighted by atomic mass is 16.5. The second-order valence-electron chi connectivity index (χ2n) is 5.87. The zero-order valence-electron chi connectivity index (χ0n) is 13.5. The lowest BCUT2D eigenvalue weighted by atomic mass is 10.1. The van der Waals surface area contributed by atoms with Crippen molar-refractivity contribution in [2.24, 2.45) is 0 Å². The molecule has 23 heavy (non-hydrogen) atoms. The second kappa shape index (κ2) is 6.83. The van der Waals surface area contributed by atoms with Crippen molar-refractivity contribution in [1.82, 2.24) is 20.4 Å². The highest BCUT2D eigenvalue weighted by Gasteiger charge is 2.25. The maximum atomic E-state index is 12.6. The fourth-order valence-electron chi connectivity index (χ4n) is 2.60. The molecule has 2 N–H and O–H groups in total. The number of aromatic nitrogens is 2. The Morgan fingerprint density at radius 2 is 2.26 bits per heavy atom. The van der Waals surface area contributed by atoms with E-state index >= 15 is 0 Å². The number of nitrogens with one attached hydrogen (secondary N) is 2. The Morgan fingerprint density at radius 1 is 1.43 bits per heavy atom. The van der Waals surface area contributed by atoms with Gasteiger partial charge in [-0.15, -0.1) is 0 Å². The maximum absolute atomic E-state index is 12.6. The Balaban J connectivity index is 1.68. The first-order valence-electron chi connectivity index (χ1n) is 7.92. The van der Waals surface area contributed by atoms with E-state index in [0.717, 1.165) is 17.0 Å². The molecule has 1 unspecified atom stereocenters. The van der Waals surface area contributed by atoms with E-state index in [9.17, 15) is 4.79 Å². The highest BCUT2D eigenvalue weighted by Crippen LogP contribution is 2.27. The van der Waals surface area contributed by atoms with Gasteiger partial charge in [-0.3, -0.25) is 14.8 Å². The maximum Gasteiger partial charge on any atom is 0.242 e. The second-order valence-corrected chi connectivity index (χ2v) is 5.87. The summed E-state index contributed by atoms with van der Waals surface area (Å²) in [5.74, 6) is 0.698. The Kier molecular flexibility index (Phi) is 4.62. The van der Waals surface area contributed by atoms with Gasteiger partial charge in [-0.25, -0.2) is 0 Å². The van der Waals surface area contributed by atoms with Crippen LogP contribution in [-0.4, -0.2) is 28.8 Å². The lowest BCUT2D eigenvalue weighted by molar-refractivity contribution is -0.123. The molecule has 1 aromatic carbocycles. The van der Waals surface area contributed by atoms with Crippen molar-refractivity contribution >= 4 is 5.91 Å². The first kappa shape index (κ1) is 15.6. The van der Waals surface area contributed by atoms with Crippen LogP contribution in [0, 0.1) is 0 Å². The van der Waals surface area contributed by atoms with Crippen LogP contribution in [0.5, 0.6) is 5.75 Å². The van der Waals surface area contributed by atoms with Crippen LogP contribution in [0.3, 0.4) is 0 Å². The van der Waals surface area contributed by atoms with Gasteiger partial charge in [0.15, 0.2) is 0 Å². The van der Waals surface area contributed by atoms with E-state index in [4.69, 9.17) is 4.74 Å². The van der Waals surface area contributed by atoms with Crippen LogP contribution >= 0.6 is 0 Å². The Labute approximate surface area is 135 Å². The summed E-state index contributed by atoms with van der Waals surface area (Å²) in [6, 6.07) is 9.49. The van der Waals surface area contributed by atoms with Gasteiger partial charge in [-0.1, -0.05) is 18.2 Å². The van der Waals surface area contributed by atoms with Crippen molar-refractivity contribution in [2.45, 2.75) is 32.5 Å². The van der Waals surface area contributed by atoms with E-state index < -0.39 is 6.04 Å². The molecule has 1 amide bonds. The van der Waals surface area contributed by atoms with E-state index in [1.807, 2.05) is 41.2 Å². The molecule has 122 valence electrons. The molecule has 2 heterocycles. The number of carbonyl (C=O) groups is 1. The zero-order valence-corrected chi connectivity index (χ0v) is 13.5. The topological polar surface area (TPSA) is 68.2 Å². The Morgan fingerprint density at radius 3 is 3.04 bits per heavy atom. The summed E-state index contributed by atoms with van der Waals surface area (Å²) in [6.07, 6.45) is 1.93. The molecule has 6 heteroatoms. The predicted molar refractivity (Wildman–Crippen MR) is 87.1 cm³/mol. The van der Waals surface area contributed by atoms with Crippen molar-refractivity contribution in [1.29, 1.82) is 0 Å². The Bertz CT molecular complexity index is 681. The zero-order chi connectivity index (χ0) is 16.2. The van der Waals surface area contributed by atoms with Crippen LogP contribution in [0.4, 0.5) is 0 Å². The van der Waals surface area contributed by atoms with Gasteiger partial charge in [-0.05, 0) is 26.0 Å². The molecule has 0 saturated heterocycles. The van der Waals surface area contributed by atoms with E-state index in [1.54, 1.807) is 0 Å². The van der Waals surface area contributed by atoms with E-state index in [-0.39, 0.29) is 5.91 Å². The normalized spacial score (nSPS) is 17.3. The smallest absolute Gasteiger partial charge is 0.242 e. The number of benzene rings is 1. The molecule has 3 rings (SSSR count). The third-order valence-electron chi connectivity index (χ3n) is 3.84. The van der Waals surface area contributed by atoms with Gasteiger partial charge in [0.05, 0.1) is 12.2 Å². The summed E-state index contributed by atoms with van der Waals surface area (Å²) in [7, 11) is 0. The fraction of sp³-hybridized carbons (Fsp3) is 0.412. The predicted octanol–water partition coefficient (Wildman–Crippen LogP) is 1.80. The van der Waals surface area contributed by atoms with Gasteiger partial charge in [0, 0.05) is 24.3 Å². The number of fused-ring (bicyclic) bond motifs is 1. The van der Waals surface area contributed by atoms with Crippen molar-refractivity contribution in [3.8, 4) is 5.75 Å². The SMILES string of the molecule is CC(C)n1ccc(CNC(=O)C2NCCOc3ccccc32)n1. The number of nitrogens with zero attached hydrogens (tertiary/aromatic N) is 2. The van der Waals surface area contributed by atoms with Crippen molar-refractivity contribution in [3.63, 3.8) is 0 Å². The molecular weight excluding hydrogens is 292 g/mol. The molecule has 0 radical (unpaired) electrons. The van der Waals surface area contributed by atoms with Gasteiger partial charge < -0.3 is 10.1 Å². The van der Waals surface area contributed by atoms with Crippen LogP contribution in [0.25, 0.3) is 0 Å². The van der Waals surface area contributed by atoms with E-state index in [0.29, 0.717) is 25.7 Å². The summed E-state index contributed by atoms with van der Waals surface area (Å²) in [6.45, 7) is 5.75. The minimum Gasteiger partial charge on any atom is -0.492 e. The molecule has 1 aromatic heterocycles. The lowest BCUT2D eigenvalue weighted by Gasteiger charge is -2.16. The van der Waals surface area contributed by atoms with Crippen LogP contribution in [-0.2, 0) is 11.3 Å². The Hall–Kier alpha value is -2.34. The molecule has 1 aliphatic rings. The summed E-state index contributed by atoms with van der Waals surface area (Å²) in [5, 5.41) is 10.6. The average Bonchev–Trinajstić information content (AvgIpc) is 2.92. The summed E-state index contributed by atoms with van der Waals surface area (Å²) >= 11 is 0. The molecule has 0 spiro atoms. The number of hydrogen-bond acceptors (Lipinski definition) is 4. The number of rotatable bonds is 4. The number of ether oxygens (including phenoxy) is 1. The van der Waals surface area contributed by atoms with Crippen LogP contribution in [0.15, 0.2) is 36.5 Å². The quantitative estimate of drug-likeness (QED) is 0.903. The fourth-order valence-corrected chi connectivity index (χ4v) is 2.60. The summed E-state index contributed by atoms with van der Waals surface area (Å²) in [4.78, 5) is 12.6. The van der Waals surface area contributed by atoms with Crippen molar-refractivity contribution in [3.05, 3.63) is 47.8 Å². The monoisotopic (exact) mass is 314 g/mol. The van der Waals surface area contributed by atoms with Crippen LogP contribution in [0.2, 0.25) is 0 Å². The molecule has 0 fully saturated rings. The lowest BCUT2D eigenvalue weighted by Crippen LogP contribution is -2.37. The van der Waals surface area contributed by atoms with Gasteiger partial charge in [-0.2, -0.15) is 5.10 Å². The van der Waals surface area contributed by atoms with Crippen molar-refractivity contribution < 1.29 is 9.53 Å². The van der Waals surface area contributed by atoms with Gasteiger partial charge >= 0.3 is 0 Å². The third-order valence-corrected chi connectivity index (χ3v) is 3.84. The van der Waals surface area contributed by atoms with Gasteiger partial charge in [0.1, 0.15) is 18.4 Å². The standard InChI is InChI=1S/C17H22N4O2/c1-12(2)21-9-7-13(20-21)11-19-17(22)16-14-5-3-4-6-15(14)23-10-8-18-16/h3-7,9,12,16,18H,8,10-11H2,1-2H3,(H,19,22). The minimum atomic E-state index is -0.402. The highest BCUT2D eigenvalue weighted by molar-refractivity contribution is 5.84.